The van der Waals surface area contributed by atoms with Crippen LogP contribution in [0.25, 0.3) is 0 Å². The second-order valence-corrected chi connectivity index (χ2v) is 4.02. The summed E-state index contributed by atoms with van der Waals surface area (Å²) in [5.41, 5.74) is 2.00. The van der Waals surface area contributed by atoms with Crippen LogP contribution in [0, 0.1) is 0 Å². The third-order valence-electron chi connectivity index (χ3n) is 2.37. The number of hydrogen-bond acceptors (Lipinski definition) is 2. The lowest BCUT2D eigenvalue weighted by Gasteiger charge is -2.08. The number of halogens is 3. The number of nitrogens with one attached hydrogen (secondary N) is 1. The van der Waals surface area contributed by atoms with Gasteiger partial charge in [-0.3, -0.25) is 0 Å². The average molecular weight is 261 g/mol. The summed E-state index contributed by atoms with van der Waals surface area (Å²) in [7, 11) is 0. The summed E-state index contributed by atoms with van der Waals surface area (Å²) in [4.78, 5) is 0. The molecule has 1 N–H and O–H groups in total. The van der Waals surface area contributed by atoms with Crippen molar-refractivity contribution < 1.29 is 17.9 Å². The molecule has 0 amide bonds. The Labute approximate surface area is 105 Å². The summed E-state index contributed by atoms with van der Waals surface area (Å²) in [6.45, 7) is 3.58. The molecule has 0 atom stereocenters. The molecule has 102 valence electrons. The van der Waals surface area contributed by atoms with Crippen LogP contribution in [0.4, 0.5) is 13.2 Å². The van der Waals surface area contributed by atoms with Gasteiger partial charge in [-0.25, -0.2) is 0 Å². The summed E-state index contributed by atoms with van der Waals surface area (Å²) < 4.78 is 40.7. The van der Waals surface area contributed by atoms with E-state index in [9.17, 15) is 13.2 Å². The molecule has 0 bridgehead atoms. The molecule has 0 spiro atoms. The predicted molar refractivity (Wildman–Crippen MR) is 64.2 cm³/mol. The van der Waals surface area contributed by atoms with Crippen LogP contribution in [0.5, 0.6) is 0 Å². The number of alkyl halides is 3. The van der Waals surface area contributed by atoms with Gasteiger partial charge < -0.3 is 10.1 Å². The molecule has 0 radical (unpaired) electrons. The number of rotatable bonds is 7. The van der Waals surface area contributed by atoms with E-state index in [0.29, 0.717) is 0 Å². The van der Waals surface area contributed by atoms with Crippen LogP contribution < -0.4 is 5.32 Å². The Hall–Kier alpha value is -1.07. The van der Waals surface area contributed by atoms with E-state index in [1.54, 1.807) is 0 Å². The van der Waals surface area contributed by atoms with Crippen molar-refractivity contribution in [2.45, 2.75) is 32.7 Å². The van der Waals surface area contributed by atoms with E-state index in [1.165, 1.54) is 0 Å². The molecule has 0 heterocycles. The Morgan fingerprint density at radius 1 is 1.22 bits per heavy atom. The molecule has 5 heteroatoms. The zero-order valence-electron chi connectivity index (χ0n) is 10.4. The minimum atomic E-state index is -4.15. The smallest absolute Gasteiger partial charge is 0.376 e. The first kappa shape index (κ1) is 15.0. The Balaban J connectivity index is 2.33. The van der Waals surface area contributed by atoms with E-state index in [4.69, 9.17) is 4.74 Å². The Bertz CT molecular complexity index is 352. The molecule has 0 aliphatic rings. The summed E-state index contributed by atoms with van der Waals surface area (Å²) in [6, 6.07) is 7.65. The van der Waals surface area contributed by atoms with E-state index < -0.39 is 12.6 Å². The van der Waals surface area contributed by atoms with Crippen molar-refractivity contribution in [2.24, 2.45) is 0 Å². The fourth-order valence-corrected chi connectivity index (χ4v) is 1.48. The summed E-state index contributed by atoms with van der Waals surface area (Å²) in [5.74, 6) is 0. The molecule has 0 fully saturated rings. The van der Waals surface area contributed by atoms with Gasteiger partial charge in [0.1, 0.15) is 0 Å². The SMILES string of the molecule is CCNCc1cccc(COCCC(F)(F)F)c1. The molecule has 0 aliphatic carbocycles. The molecular weight excluding hydrogens is 243 g/mol. The average Bonchev–Trinajstić information content (AvgIpc) is 2.31. The first-order chi connectivity index (χ1) is 8.51. The maximum Gasteiger partial charge on any atom is 0.391 e. The van der Waals surface area contributed by atoms with E-state index in [0.717, 1.165) is 24.2 Å². The van der Waals surface area contributed by atoms with Crippen molar-refractivity contribution in [1.29, 1.82) is 0 Å². The van der Waals surface area contributed by atoms with Crippen molar-refractivity contribution in [1.82, 2.24) is 5.32 Å². The fourth-order valence-electron chi connectivity index (χ4n) is 1.48. The third kappa shape index (κ3) is 6.61. The highest BCUT2D eigenvalue weighted by atomic mass is 19.4. The van der Waals surface area contributed by atoms with Crippen LogP contribution in [-0.4, -0.2) is 19.3 Å². The van der Waals surface area contributed by atoms with Crippen molar-refractivity contribution in [3.05, 3.63) is 35.4 Å². The maximum atomic E-state index is 11.9. The van der Waals surface area contributed by atoms with Gasteiger partial charge in [0.2, 0.25) is 0 Å². The van der Waals surface area contributed by atoms with Crippen molar-refractivity contribution in [3.63, 3.8) is 0 Å². The lowest BCUT2D eigenvalue weighted by Crippen LogP contribution is -2.12. The van der Waals surface area contributed by atoms with Crippen LogP contribution in [0.15, 0.2) is 24.3 Å². The summed E-state index contributed by atoms with van der Waals surface area (Å²) >= 11 is 0. The summed E-state index contributed by atoms with van der Waals surface area (Å²) in [5, 5.41) is 3.19. The van der Waals surface area contributed by atoms with Gasteiger partial charge in [-0.2, -0.15) is 13.2 Å². The standard InChI is InChI=1S/C13H18F3NO/c1-2-17-9-11-4-3-5-12(8-11)10-18-7-6-13(14,15)16/h3-5,8,17H,2,6-7,9-10H2,1H3. The minimum Gasteiger partial charge on any atom is -0.376 e. The number of hydrogen-bond donors (Lipinski definition) is 1. The van der Waals surface area contributed by atoms with Crippen LogP contribution in [0.2, 0.25) is 0 Å². The third-order valence-corrected chi connectivity index (χ3v) is 2.37. The van der Waals surface area contributed by atoms with E-state index in [-0.39, 0.29) is 13.2 Å². The molecule has 1 aromatic carbocycles. The van der Waals surface area contributed by atoms with Crippen molar-refractivity contribution in [3.8, 4) is 0 Å². The lowest BCUT2D eigenvalue weighted by molar-refractivity contribution is -0.146. The second kappa shape index (κ2) is 7.38. The monoisotopic (exact) mass is 261 g/mol. The first-order valence-corrected chi connectivity index (χ1v) is 5.94. The van der Waals surface area contributed by atoms with Gasteiger partial charge in [-0.15, -0.1) is 0 Å². The van der Waals surface area contributed by atoms with E-state index >= 15 is 0 Å². The van der Waals surface area contributed by atoms with Crippen molar-refractivity contribution in [2.75, 3.05) is 13.2 Å². The largest absolute Gasteiger partial charge is 0.391 e. The van der Waals surface area contributed by atoms with Gasteiger partial charge in [-0.1, -0.05) is 31.2 Å². The first-order valence-electron chi connectivity index (χ1n) is 5.94. The quantitative estimate of drug-likeness (QED) is 0.761. The lowest BCUT2D eigenvalue weighted by atomic mass is 10.1. The van der Waals surface area contributed by atoms with E-state index in [2.05, 4.69) is 5.32 Å². The highest BCUT2D eigenvalue weighted by Crippen LogP contribution is 2.19. The Kier molecular flexibility index (Phi) is 6.15. The van der Waals surface area contributed by atoms with Gasteiger partial charge in [0, 0.05) is 6.54 Å². The van der Waals surface area contributed by atoms with Crippen LogP contribution in [0.1, 0.15) is 24.5 Å². The van der Waals surface area contributed by atoms with Crippen molar-refractivity contribution >= 4 is 0 Å². The molecule has 1 aromatic rings. The number of ether oxygens (including phenoxy) is 1. The topological polar surface area (TPSA) is 21.3 Å². The molecule has 2 nitrogen and oxygen atoms in total. The Morgan fingerprint density at radius 3 is 2.61 bits per heavy atom. The highest BCUT2D eigenvalue weighted by Gasteiger charge is 2.26. The maximum absolute atomic E-state index is 11.9. The normalized spacial score (nSPS) is 11.8. The van der Waals surface area contributed by atoms with Gasteiger partial charge in [0.15, 0.2) is 0 Å². The molecule has 0 aromatic heterocycles. The predicted octanol–water partition coefficient (Wildman–Crippen LogP) is 3.27. The highest BCUT2D eigenvalue weighted by molar-refractivity contribution is 5.22. The molecule has 0 saturated heterocycles. The van der Waals surface area contributed by atoms with Gasteiger partial charge in [0.25, 0.3) is 0 Å². The number of benzene rings is 1. The summed E-state index contributed by atoms with van der Waals surface area (Å²) in [6.07, 6.45) is -5.04. The molecule has 0 aliphatic heterocycles. The zero-order valence-corrected chi connectivity index (χ0v) is 10.4. The second-order valence-electron chi connectivity index (χ2n) is 4.02. The molecule has 1 rings (SSSR count). The van der Waals surface area contributed by atoms with Crippen LogP contribution in [-0.2, 0) is 17.9 Å². The van der Waals surface area contributed by atoms with Gasteiger partial charge in [-0.05, 0) is 17.7 Å². The van der Waals surface area contributed by atoms with Gasteiger partial charge >= 0.3 is 6.18 Å². The molecular formula is C13H18F3NO. The van der Waals surface area contributed by atoms with Crippen LogP contribution >= 0.6 is 0 Å². The minimum absolute atomic E-state index is 0.218. The Morgan fingerprint density at radius 2 is 1.94 bits per heavy atom. The zero-order chi connectivity index (χ0) is 13.4. The molecule has 0 unspecified atom stereocenters. The van der Waals surface area contributed by atoms with E-state index in [1.807, 2.05) is 31.2 Å². The fraction of sp³-hybridized carbons (Fsp3) is 0.538. The molecule has 18 heavy (non-hydrogen) atoms. The van der Waals surface area contributed by atoms with Gasteiger partial charge in [0.05, 0.1) is 19.6 Å². The molecule has 0 saturated carbocycles. The van der Waals surface area contributed by atoms with Crippen LogP contribution in [0.3, 0.4) is 0 Å².